The van der Waals surface area contributed by atoms with Crippen LogP contribution in [0.1, 0.15) is 58.6 Å². The standard InChI is InChI=1S/C28H39N3O4S/c1-20(2)16-24(31-27(34)35-18-22-12-9-15-29-17-22)26(33)30-23(25(32)19-36-28(3,4)5)14-13-21-10-7-6-8-11-21/h6-12,15,17,20,23-24H,13-14,16,18-19H2,1-5H3,(H,30,33)(H,31,34)/t23-,24-/m0/s1. The minimum Gasteiger partial charge on any atom is -0.445 e. The van der Waals surface area contributed by atoms with Gasteiger partial charge in [0.2, 0.25) is 5.91 Å². The minimum atomic E-state index is -0.811. The second-order valence-corrected chi connectivity index (χ2v) is 12.0. The highest BCUT2D eigenvalue weighted by molar-refractivity contribution is 8.01. The number of amides is 2. The number of carbonyl (C=O) groups excluding carboxylic acids is 3. The molecule has 1 heterocycles. The van der Waals surface area contributed by atoms with Crippen LogP contribution in [0.25, 0.3) is 0 Å². The third kappa shape index (κ3) is 11.7. The molecule has 0 saturated carbocycles. The van der Waals surface area contributed by atoms with Gasteiger partial charge >= 0.3 is 6.09 Å². The number of Topliss-reactive ketones (excluding diaryl/α,β-unsaturated/α-hetero) is 1. The summed E-state index contributed by atoms with van der Waals surface area (Å²) >= 11 is 1.56. The zero-order valence-corrected chi connectivity index (χ0v) is 22.8. The molecule has 1 aromatic heterocycles. The average Bonchev–Trinajstić information content (AvgIpc) is 2.83. The lowest BCUT2D eigenvalue weighted by molar-refractivity contribution is -0.128. The van der Waals surface area contributed by atoms with E-state index in [1.54, 1.807) is 36.3 Å². The fourth-order valence-electron chi connectivity index (χ4n) is 3.45. The lowest BCUT2D eigenvalue weighted by atomic mass is 10.00. The van der Waals surface area contributed by atoms with Crippen LogP contribution < -0.4 is 10.6 Å². The first-order chi connectivity index (χ1) is 17.0. The maximum Gasteiger partial charge on any atom is 0.408 e. The maximum atomic E-state index is 13.3. The zero-order valence-electron chi connectivity index (χ0n) is 22.0. The van der Waals surface area contributed by atoms with Crippen molar-refractivity contribution < 1.29 is 19.1 Å². The molecule has 0 fully saturated rings. The Bertz CT molecular complexity index is 962. The molecule has 2 amide bonds. The second kappa shape index (κ2) is 14.6. The van der Waals surface area contributed by atoms with Gasteiger partial charge in [0.15, 0.2) is 5.78 Å². The highest BCUT2D eigenvalue weighted by Gasteiger charge is 2.28. The van der Waals surface area contributed by atoms with E-state index in [9.17, 15) is 14.4 Å². The van der Waals surface area contributed by atoms with Crippen molar-refractivity contribution in [2.24, 2.45) is 5.92 Å². The molecule has 196 valence electrons. The molecule has 0 aliphatic heterocycles. The number of ketones is 1. The van der Waals surface area contributed by atoms with Gasteiger partial charge in [-0.25, -0.2) is 4.79 Å². The van der Waals surface area contributed by atoms with Crippen molar-refractivity contribution in [1.29, 1.82) is 0 Å². The van der Waals surface area contributed by atoms with Crippen LogP contribution in [0.5, 0.6) is 0 Å². The lowest BCUT2D eigenvalue weighted by Crippen LogP contribution is -2.52. The highest BCUT2D eigenvalue weighted by Crippen LogP contribution is 2.23. The van der Waals surface area contributed by atoms with Crippen LogP contribution >= 0.6 is 11.8 Å². The van der Waals surface area contributed by atoms with E-state index in [1.807, 2.05) is 44.2 Å². The number of ether oxygens (including phenoxy) is 1. The van der Waals surface area contributed by atoms with E-state index in [0.717, 1.165) is 11.1 Å². The summed E-state index contributed by atoms with van der Waals surface area (Å²) in [6.07, 6.45) is 4.14. The number of aryl methyl sites for hydroxylation is 1. The first-order valence-corrected chi connectivity index (χ1v) is 13.3. The molecule has 8 heteroatoms. The van der Waals surface area contributed by atoms with Crippen LogP contribution in [0.3, 0.4) is 0 Å². The maximum absolute atomic E-state index is 13.3. The van der Waals surface area contributed by atoms with Crippen molar-refractivity contribution in [3.8, 4) is 0 Å². The molecular formula is C28H39N3O4S. The number of thioether (sulfide) groups is 1. The van der Waals surface area contributed by atoms with Gasteiger partial charge in [0, 0.05) is 22.7 Å². The Hall–Kier alpha value is -2.87. The van der Waals surface area contributed by atoms with Crippen molar-refractivity contribution in [3.05, 3.63) is 66.0 Å². The number of benzene rings is 1. The Kier molecular flexibility index (Phi) is 11.9. The summed E-state index contributed by atoms with van der Waals surface area (Å²) in [6.45, 7) is 10.2. The van der Waals surface area contributed by atoms with Gasteiger partial charge < -0.3 is 15.4 Å². The molecule has 2 rings (SSSR count). The van der Waals surface area contributed by atoms with E-state index in [4.69, 9.17) is 4.74 Å². The number of pyridine rings is 1. The Morgan fingerprint density at radius 1 is 0.972 bits per heavy atom. The van der Waals surface area contributed by atoms with Gasteiger partial charge in [-0.2, -0.15) is 0 Å². The summed E-state index contributed by atoms with van der Waals surface area (Å²) in [5, 5.41) is 5.61. The quantitative estimate of drug-likeness (QED) is 0.394. The molecular weight excluding hydrogens is 474 g/mol. The number of nitrogens with one attached hydrogen (secondary N) is 2. The average molecular weight is 514 g/mol. The molecule has 2 N–H and O–H groups in total. The normalized spacial score (nSPS) is 13.1. The Morgan fingerprint density at radius 3 is 2.28 bits per heavy atom. The number of alkyl carbamates (subject to hydrolysis) is 1. The van der Waals surface area contributed by atoms with Gasteiger partial charge in [-0.3, -0.25) is 14.6 Å². The summed E-state index contributed by atoms with van der Waals surface area (Å²) in [6, 6.07) is 12.0. The lowest BCUT2D eigenvalue weighted by Gasteiger charge is -2.25. The Labute approximate surface area is 219 Å². The Balaban J connectivity index is 2.05. The summed E-state index contributed by atoms with van der Waals surface area (Å²) in [5.74, 6) is 0.0451. The largest absolute Gasteiger partial charge is 0.445 e. The SMILES string of the molecule is CC(C)C[C@H](NC(=O)OCc1cccnc1)C(=O)N[C@@H](CCc1ccccc1)C(=O)CSC(C)(C)C. The molecule has 2 atom stereocenters. The molecule has 7 nitrogen and oxygen atoms in total. The van der Waals surface area contributed by atoms with Crippen molar-refractivity contribution >= 4 is 29.5 Å². The Morgan fingerprint density at radius 2 is 1.67 bits per heavy atom. The minimum absolute atomic E-state index is 0.0262. The number of carbonyl (C=O) groups is 3. The van der Waals surface area contributed by atoms with Crippen molar-refractivity contribution in [1.82, 2.24) is 15.6 Å². The van der Waals surface area contributed by atoms with E-state index in [0.29, 0.717) is 25.0 Å². The topological polar surface area (TPSA) is 97.4 Å². The van der Waals surface area contributed by atoms with E-state index >= 15 is 0 Å². The van der Waals surface area contributed by atoms with Gasteiger partial charge in [-0.1, -0.05) is 71.0 Å². The number of rotatable bonds is 13. The summed E-state index contributed by atoms with van der Waals surface area (Å²) < 4.78 is 5.22. The van der Waals surface area contributed by atoms with Gasteiger partial charge in [-0.15, -0.1) is 11.8 Å². The van der Waals surface area contributed by atoms with Crippen LogP contribution in [0.4, 0.5) is 4.79 Å². The molecule has 0 spiro atoms. The van der Waals surface area contributed by atoms with Crippen LogP contribution in [-0.2, 0) is 27.4 Å². The summed E-state index contributed by atoms with van der Waals surface area (Å²) in [4.78, 5) is 42.8. The van der Waals surface area contributed by atoms with Gasteiger partial charge in [0.1, 0.15) is 12.6 Å². The van der Waals surface area contributed by atoms with Crippen LogP contribution in [0.15, 0.2) is 54.9 Å². The van der Waals surface area contributed by atoms with Gasteiger partial charge in [0.25, 0.3) is 0 Å². The molecule has 0 bridgehead atoms. The van der Waals surface area contributed by atoms with Crippen molar-refractivity contribution in [3.63, 3.8) is 0 Å². The molecule has 0 saturated heterocycles. The number of hydrogen-bond acceptors (Lipinski definition) is 6. The summed E-state index contributed by atoms with van der Waals surface area (Å²) in [7, 11) is 0. The number of nitrogens with zero attached hydrogens (tertiary/aromatic N) is 1. The molecule has 0 aliphatic carbocycles. The van der Waals surface area contributed by atoms with Crippen molar-refractivity contribution in [2.45, 2.75) is 77.3 Å². The predicted octanol–water partition coefficient (Wildman–Crippen LogP) is 4.94. The zero-order chi connectivity index (χ0) is 26.6. The van der Waals surface area contributed by atoms with Crippen molar-refractivity contribution in [2.75, 3.05) is 5.75 Å². The van der Waals surface area contributed by atoms with E-state index in [-0.39, 0.29) is 29.0 Å². The molecule has 0 aliphatic rings. The summed E-state index contributed by atoms with van der Waals surface area (Å²) in [5.41, 5.74) is 1.85. The highest BCUT2D eigenvalue weighted by atomic mass is 32.2. The molecule has 0 unspecified atom stereocenters. The third-order valence-corrected chi connectivity index (χ3v) is 6.62. The second-order valence-electron chi connectivity index (χ2n) is 10.2. The van der Waals surface area contributed by atoms with E-state index < -0.39 is 18.2 Å². The number of aromatic nitrogens is 1. The van der Waals surface area contributed by atoms with Crippen LogP contribution in [-0.4, -0.2) is 45.4 Å². The number of hydrogen-bond donors (Lipinski definition) is 2. The monoisotopic (exact) mass is 513 g/mol. The molecule has 0 radical (unpaired) electrons. The first-order valence-electron chi connectivity index (χ1n) is 12.4. The van der Waals surface area contributed by atoms with E-state index in [2.05, 4.69) is 36.4 Å². The third-order valence-electron chi connectivity index (χ3n) is 5.33. The smallest absolute Gasteiger partial charge is 0.408 e. The van der Waals surface area contributed by atoms with E-state index in [1.165, 1.54) is 0 Å². The van der Waals surface area contributed by atoms with Crippen LogP contribution in [0.2, 0.25) is 0 Å². The molecule has 2 aromatic rings. The first kappa shape index (κ1) is 29.4. The fourth-order valence-corrected chi connectivity index (χ4v) is 4.23. The van der Waals surface area contributed by atoms with Gasteiger partial charge in [0.05, 0.1) is 11.8 Å². The molecule has 1 aromatic carbocycles. The fraction of sp³-hybridized carbons (Fsp3) is 0.500. The van der Waals surface area contributed by atoms with Crippen LogP contribution in [0, 0.1) is 5.92 Å². The predicted molar refractivity (Wildman–Crippen MR) is 145 cm³/mol. The molecule has 36 heavy (non-hydrogen) atoms. The van der Waals surface area contributed by atoms with Gasteiger partial charge in [-0.05, 0) is 36.8 Å².